The lowest BCUT2D eigenvalue weighted by Gasteiger charge is -2.18. The first-order chi connectivity index (χ1) is 8.95. The minimum absolute atomic E-state index is 0.207. The van der Waals surface area contributed by atoms with E-state index in [0.717, 1.165) is 5.56 Å². The molecule has 0 aromatic heterocycles. The van der Waals surface area contributed by atoms with Gasteiger partial charge in [0, 0.05) is 0 Å². The Labute approximate surface area is 114 Å². The topological polar surface area (TPSA) is 66.8 Å². The molecule has 0 aliphatic carbocycles. The first-order valence-corrected chi connectivity index (χ1v) is 6.57. The largest absolute Gasteiger partial charge is 0.466 e. The average Bonchev–Trinajstić information content (AvgIpc) is 2.38. The maximum Gasteiger partial charge on any atom is 0.308 e. The van der Waals surface area contributed by atoms with Gasteiger partial charge in [-0.15, -0.1) is 0 Å². The second-order valence-corrected chi connectivity index (χ2v) is 4.84. The molecule has 0 bridgehead atoms. The Bertz CT molecular complexity index is 397. The zero-order valence-corrected chi connectivity index (χ0v) is 11.7. The Morgan fingerprint density at radius 3 is 2.16 bits per heavy atom. The highest BCUT2D eigenvalue weighted by Crippen LogP contribution is 2.22. The first-order valence-electron chi connectivity index (χ1n) is 6.57. The monoisotopic (exact) mass is 266 g/mol. The van der Waals surface area contributed by atoms with Crippen molar-refractivity contribution >= 4 is 5.97 Å². The van der Waals surface area contributed by atoms with Crippen LogP contribution in [0.4, 0.5) is 0 Å². The smallest absolute Gasteiger partial charge is 0.308 e. The van der Waals surface area contributed by atoms with Gasteiger partial charge in [-0.25, -0.2) is 0 Å². The predicted octanol–water partition coefficient (Wildman–Crippen LogP) is 2.16. The van der Waals surface area contributed by atoms with Gasteiger partial charge in [0.2, 0.25) is 0 Å². The van der Waals surface area contributed by atoms with Gasteiger partial charge in [-0.3, -0.25) is 4.79 Å². The van der Waals surface area contributed by atoms with Crippen LogP contribution in [-0.2, 0) is 9.53 Å². The minimum atomic E-state index is -1.15. The highest BCUT2D eigenvalue weighted by molar-refractivity contribution is 5.70. The Hall–Kier alpha value is -1.39. The molecule has 0 heterocycles. The summed E-state index contributed by atoms with van der Waals surface area (Å²) in [6.45, 7) is 6.14. The van der Waals surface area contributed by atoms with Crippen molar-refractivity contribution in [3.63, 3.8) is 0 Å². The van der Waals surface area contributed by atoms with E-state index >= 15 is 0 Å². The lowest BCUT2D eigenvalue weighted by molar-refractivity contribution is -0.147. The van der Waals surface area contributed by atoms with Gasteiger partial charge in [-0.1, -0.05) is 38.1 Å². The summed E-state index contributed by atoms with van der Waals surface area (Å²) in [5.74, 6) is -0.0940. The van der Waals surface area contributed by atoms with Crippen LogP contribution in [0.25, 0.3) is 0 Å². The van der Waals surface area contributed by atoms with Crippen molar-refractivity contribution in [2.45, 2.75) is 45.3 Å². The standard InChI is InChI=1S/C15H22O4/c1-4-19-14(17)9-13(16)15(18)12-7-5-11(6-8-12)10(2)3/h5-8,10,13,15-16,18H,4,9H2,1-3H3. The SMILES string of the molecule is CCOC(=O)CC(O)C(O)c1ccc(C(C)C)cc1. The van der Waals surface area contributed by atoms with Crippen molar-refractivity contribution in [1.29, 1.82) is 0 Å². The van der Waals surface area contributed by atoms with Crippen LogP contribution in [0.2, 0.25) is 0 Å². The van der Waals surface area contributed by atoms with Gasteiger partial charge in [0.05, 0.1) is 19.1 Å². The Morgan fingerprint density at radius 1 is 1.16 bits per heavy atom. The highest BCUT2D eigenvalue weighted by Gasteiger charge is 2.22. The zero-order chi connectivity index (χ0) is 14.4. The molecule has 0 saturated carbocycles. The molecule has 2 atom stereocenters. The van der Waals surface area contributed by atoms with E-state index in [-0.39, 0.29) is 13.0 Å². The van der Waals surface area contributed by atoms with E-state index in [1.165, 1.54) is 0 Å². The van der Waals surface area contributed by atoms with Crippen molar-refractivity contribution in [2.75, 3.05) is 6.61 Å². The molecule has 2 N–H and O–H groups in total. The summed E-state index contributed by atoms with van der Waals surface area (Å²) < 4.78 is 4.74. The van der Waals surface area contributed by atoms with E-state index in [1.54, 1.807) is 19.1 Å². The molecule has 0 radical (unpaired) electrons. The molecule has 0 saturated heterocycles. The van der Waals surface area contributed by atoms with Crippen LogP contribution in [-0.4, -0.2) is 28.9 Å². The highest BCUT2D eigenvalue weighted by atomic mass is 16.5. The number of carbonyl (C=O) groups is 1. The van der Waals surface area contributed by atoms with E-state index < -0.39 is 18.2 Å². The number of esters is 1. The molecule has 2 unspecified atom stereocenters. The lowest BCUT2D eigenvalue weighted by atomic mass is 9.97. The van der Waals surface area contributed by atoms with Crippen LogP contribution in [0.15, 0.2) is 24.3 Å². The summed E-state index contributed by atoms with van der Waals surface area (Å²) in [7, 11) is 0. The Balaban J connectivity index is 2.65. The van der Waals surface area contributed by atoms with Crippen LogP contribution in [0, 0.1) is 0 Å². The lowest BCUT2D eigenvalue weighted by Crippen LogP contribution is -2.23. The fourth-order valence-electron chi connectivity index (χ4n) is 1.80. The number of hydrogen-bond donors (Lipinski definition) is 2. The quantitative estimate of drug-likeness (QED) is 0.774. The van der Waals surface area contributed by atoms with Crippen molar-refractivity contribution in [3.8, 4) is 0 Å². The number of carbonyl (C=O) groups excluding carboxylic acids is 1. The van der Waals surface area contributed by atoms with Gasteiger partial charge in [0.25, 0.3) is 0 Å². The summed E-state index contributed by atoms with van der Waals surface area (Å²) in [4.78, 5) is 11.2. The summed E-state index contributed by atoms with van der Waals surface area (Å²) >= 11 is 0. The summed E-state index contributed by atoms with van der Waals surface area (Å²) in [5, 5.41) is 19.8. The third kappa shape index (κ3) is 4.65. The molecule has 0 amide bonds. The first kappa shape index (κ1) is 15.7. The maximum atomic E-state index is 11.2. The Morgan fingerprint density at radius 2 is 1.68 bits per heavy atom. The van der Waals surface area contributed by atoms with Crippen LogP contribution < -0.4 is 0 Å². The van der Waals surface area contributed by atoms with Crippen LogP contribution in [0.5, 0.6) is 0 Å². The van der Waals surface area contributed by atoms with Crippen LogP contribution >= 0.6 is 0 Å². The summed E-state index contributed by atoms with van der Waals surface area (Å²) in [6, 6.07) is 7.38. The number of rotatable bonds is 6. The van der Waals surface area contributed by atoms with E-state index in [0.29, 0.717) is 11.5 Å². The molecule has 0 fully saturated rings. The molecule has 0 aliphatic heterocycles. The molecule has 1 aromatic rings. The zero-order valence-electron chi connectivity index (χ0n) is 11.7. The molecular formula is C15H22O4. The molecular weight excluding hydrogens is 244 g/mol. The van der Waals surface area contributed by atoms with E-state index in [9.17, 15) is 15.0 Å². The molecule has 106 valence electrons. The third-order valence-corrected chi connectivity index (χ3v) is 2.99. The number of ether oxygens (including phenoxy) is 1. The second kappa shape index (κ2) is 7.26. The number of aliphatic hydroxyl groups excluding tert-OH is 2. The van der Waals surface area contributed by atoms with Crippen molar-refractivity contribution in [1.82, 2.24) is 0 Å². The predicted molar refractivity (Wildman–Crippen MR) is 72.7 cm³/mol. The second-order valence-electron chi connectivity index (χ2n) is 4.84. The molecule has 4 heteroatoms. The van der Waals surface area contributed by atoms with Crippen molar-refractivity contribution in [2.24, 2.45) is 0 Å². The minimum Gasteiger partial charge on any atom is -0.466 e. The number of aliphatic hydroxyl groups is 2. The molecule has 1 aromatic carbocycles. The number of benzene rings is 1. The summed E-state index contributed by atoms with van der Waals surface area (Å²) in [5.41, 5.74) is 1.76. The third-order valence-electron chi connectivity index (χ3n) is 2.99. The van der Waals surface area contributed by atoms with Crippen LogP contribution in [0.1, 0.15) is 50.3 Å². The van der Waals surface area contributed by atoms with Crippen LogP contribution in [0.3, 0.4) is 0 Å². The van der Waals surface area contributed by atoms with Gasteiger partial charge < -0.3 is 14.9 Å². The maximum absolute atomic E-state index is 11.2. The fourth-order valence-corrected chi connectivity index (χ4v) is 1.80. The summed E-state index contributed by atoms with van der Waals surface area (Å²) in [6.07, 6.45) is -2.43. The molecule has 0 spiro atoms. The van der Waals surface area contributed by atoms with Gasteiger partial charge >= 0.3 is 5.97 Å². The van der Waals surface area contributed by atoms with Crippen molar-refractivity contribution < 1.29 is 19.7 Å². The number of hydrogen-bond acceptors (Lipinski definition) is 4. The average molecular weight is 266 g/mol. The normalized spacial score (nSPS) is 14.2. The molecule has 1 rings (SSSR count). The van der Waals surface area contributed by atoms with Crippen molar-refractivity contribution in [3.05, 3.63) is 35.4 Å². The van der Waals surface area contributed by atoms with Gasteiger partial charge in [-0.05, 0) is 24.0 Å². The van der Waals surface area contributed by atoms with E-state index in [2.05, 4.69) is 13.8 Å². The molecule has 4 nitrogen and oxygen atoms in total. The van der Waals surface area contributed by atoms with E-state index in [1.807, 2.05) is 12.1 Å². The Kier molecular flexibility index (Phi) is 5.99. The molecule has 19 heavy (non-hydrogen) atoms. The van der Waals surface area contributed by atoms with Gasteiger partial charge in [-0.2, -0.15) is 0 Å². The fraction of sp³-hybridized carbons (Fsp3) is 0.533. The van der Waals surface area contributed by atoms with E-state index in [4.69, 9.17) is 4.74 Å². The molecule has 0 aliphatic rings. The van der Waals surface area contributed by atoms with Gasteiger partial charge in [0.15, 0.2) is 0 Å². The van der Waals surface area contributed by atoms with Gasteiger partial charge in [0.1, 0.15) is 6.10 Å².